The Balaban J connectivity index is 1.56. The minimum atomic E-state index is -0.237. The highest BCUT2D eigenvalue weighted by molar-refractivity contribution is 5.97. The first kappa shape index (κ1) is 14.2. The molecule has 2 aromatic carbocycles. The first-order valence-electron chi connectivity index (χ1n) is 7.53. The molecule has 0 saturated carbocycles. The van der Waals surface area contributed by atoms with Gasteiger partial charge in [0.15, 0.2) is 0 Å². The second-order valence-electron chi connectivity index (χ2n) is 5.53. The van der Waals surface area contributed by atoms with Crippen molar-refractivity contribution < 1.29 is 4.79 Å². The summed E-state index contributed by atoms with van der Waals surface area (Å²) < 4.78 is 0. The summed E-state index contributed by atoms with van der Waals surface area (Å²) in [7, 11) is 0. The zero-order valence-electron chi connectivity index (χ0n) is 12.7. The Morgan fingerprint density at radius 2 is 1.96 bits per heavy atom. The van der Waals surface area contributed by atoms with Gasteiger partial charge in [-0.2, -0.15) is 0 Å². The van der Waals surface area contributed by atoms with Gasteiger partial charge in [0.05, 0.1) is 17.4 Å². The molecule has 0 bridgehead atoms. The average Bonchev–Trinajstić information content (AvgIpc) is 3.07. The van der Waals surface area contributed by atoms with Crippen LogP contribution in [-0.4, -0.2) is 20.9 Å². The summed E-state index contributed by atoms with van der Waals surface area (Å²) in [5, 5.41) is 3.72. The zero-order chi connectivity index (χ0) is 16.5. The minimum absolute atomic E-state index is 0.167. The summed E-state index contributed by atoms with van der Waals surface area (Å²) in [6, 6.07) is 14.6. The number of H-pyrrole nitrogens is 2. The number of carbonyl (C=O) groups excluding carboxylic acids is 1. The third-order valence-electron chi connectivity index (χ3n) is 3.95. The molecule has 3 N–H and O–H groups in total. The quantitative estimate of drug-likeness (QED) is 0.541. The number of amides is 1. The van der Waals surface area contributed by atoms with Crippen LogP contribution in [0.4, 0.5) is 0 Å². The number of nitrogens with zero attached hydrogens (tertiary/aromatic N) is 1. The second kappa shape index (κ2) is 5.66. The van der Waals surface area contributed by atoms with Gasteiger partial charge in [-0.05, 0) is 35.7 Å². The van der Waals surface area contributed by atoms with Gasteiger partial charge in [-0.3, -0.25) is 9.59 Å². The van der Waals surface area contributed by atoms with E-state index in [2.05, 4.69) is 20.3 Å². The number of aromatic nitrogens is 3. The number of rotatable bonds is 3. The van der Waals surface area contributed by atoms with E-state index in [1.54, 1.807) is 30.6 Å². The van der Waals surface area contributed by atoms with E-state index in [0.29, 0.717) is 11.1 Å². The summed E-state index contributed by atoms with van der Waals surface area (Å²) in [5.74, 6) is -0.237. The lowest BCUT2D eigenvalue weighted by Crippen LogP contribution is -2.26. The van der Waals surface area contributed by atoms with Crippen LogP contribution >= 0.6 is 0 Å². The maximum absolute atomic E-state index is 12.3. The largest absolute Gasteiger partial charge is 0.348 e. The lowest BCUT2D eigenvalue weighted by atomic mass is 10.1. The van der Waals surface area contributed by atoms with Crippen molar-refractivity contribution in [3.05, 3.63) is 76.3 Å². The molecule has 118 valence electrons. The van der Waals surface area contributed by atoms with Crippen molar-refractivity contribution in [3.63, 3.8) is 0 Å². The smallest absolute Gasteiger partial charge is 0.253 e. The molecule has 2 aromatic heterocycles. The van der Waals surface area contributed by atoms with Crippen LogP contribution in [0.3, 0.4) is 0 Å². The molecule has 1 amide bonds. The number of carbonyl (C=O) groups is 1. The van der Waals surface area contributed by atoms with E-state index in [1.807, 2.05) is 24.3 Å². The van der Waals surface area contributed by atoms with Crippen LogP contribution < -0.4 is 10.9 Å². The molecule has 0 aliphatic carbocycles. The lowest BCUT2D eigenvalue weighted by molar-refractivity contribution is 0.0951. The van der Waals surface area contributed by atoms with Crippen LogP contribution in [0.5, 0.6) is 0 Å². The summed E-state index contributed by atoms with van der Waals surface area (Å²) in [6.45, 7) is 0.167. The molecule has 0 spiro atoms. The number of pyridine rings is 1. The molecular weight excluding hydrogens is 304 g/mol. The highest BCUT2D eigenvalue weighted by atomic mass is 16.1. The van der Waals surface area contributed by atoms with Gasteiger partial charge >= 0.3 is 0 Å². The molecule has 0 atom stereocenters. The number of para-hydroxylation sites is 1. The van der Waals surface area contributed by atoms with Gasteiger partial charge in [0.25, 0.3) is 11.5 Å². The number of hydrogen-bond acceptors (Lipinski definition) is 3. The van der Waals surface area contributed by atoms with Crippen molar-refractivity contribution in [1.82, 2.24) is 20.3 Å². The van der Waals surface area contributed by atoms with Crippen LogP contribution in [0.1, 0.15) is 15.9 Å². The molecule has 6 nitrogen and oxygen atoms in total. The minimum Gasteiger partial charge on any atom is -0.348 e. The molecular formula is C18H14N4O2. The Bertz CT molecular complexity index is 1110. The molecule has 0 radical (unpaired) electrons. The second-order valence-corrected chi connectivity index (χ2v) is 5.53. The van der Waals surface area contributed by atoms with E-state index >= 15 is 0 Å². The number of benzene rings is 2. The van der Waals surface area contributed by atoms with Crippen LogP contribution in [0, 0.1) is 0 Å². The van der Waals surface area contributed by atoms with Crippen molar-refractivity contribution in [1.29, 1.82) is 0 Å². The zero-order valence-corrected chi connectivity index (χ0v) is 12.7. The predicted octanol–water partition coefficient (Wildman–Crippen LogP) is 2.33. The third kappa shape index (κ3) is 2.54. The molecule has 6 heteroatoms. The Labute approximate surface area is 136 Å². The van der Waals surface area contributed by atoms with Crippen molar-refractivity contribution in [3.8, 4) is 0 Å². The number of fused-ring (bicyclic) bond motifs is 2. The van der Waals surface area contributed by atoms with E-state index in [1.165, 1.54) is 0 Å². The summed E-state index contributed by atoms with van der Waals surface area (Å²) in [6.07, 6.45) is 1.58. The SMILES string of the molecule is O=C(NCc1cc2ccccc2[nH]c1=O)c1ccc2nc[nH]c2c1. The van der Waals surface area contributed by atoms with Crippen LogP contribution in [0.15, 0.2) is 59.7 Å². The average molecular weight is 318 g/mol. The van der Waals surface area contributed by atoms with Crippen LogP contribution in [0.25, 0.3) is 21.9 Å². The fourth-order valence-corrected chi connectivity index (χ4v) is 2.68. The van der Waals surface area contributed by atoms with Gasteiger partial charge in [0, 0.05) is 23.2 Å². The van der Waals surface area contributed by atoms with Crippen LogP contribution in [0.2, 0.25) is 0 Å². The van der Waals surface area contributed by atoms with Gasteiger partial charge in [0.1, 0.15) is 0 Å². The van der Waals surface area contributed by atoms with E-state index < -0.39 is 0 Å². The highest BCUT2D eigenvalue weighted by Gasteiger charge is 2.09. The Morgan fingerprint density at radius 1 is 1.08 bits per heavy atom. The van der Waals surface area contributed by atoms with Gasteiger partial charge in [-0.25, -0.2) is 4.98 Å². The fraction of sp³-hybridized carbons (Fsp3) is 0.0556. The number of nitrogens with one attached hydrogen (secondary N) is 3. The Hall–Kier alpha value is -3.41. The summed E-state index contributed by atoms with van der Waals surface area (Å²) in [5.41, 5.74) is 3.22. The van der Waals surface area contributed by atoms with E-state index in [4.69, 9.17) is 0 Å². The third-order valence-corrected chi connectivity index (χ3v) is 3.95. The number of imidazole rings is 1. The van der Waals surface area contributed by atoms with Gasteiger partial charge in [-0.1, -0.05) is 18.2 Å². The lowest BCUT2D eigenvalue weighted by Gasteiger charge is -2.06. The molecule has 0 fully saturated rings. The monoisotopic (exact) mass is 318 g/mol. The summed E-state index contributed by atoms with van der Waals surface area (Å²) >= 11 is 0. The summed E-state index contributed by atoms with van der Waals surface area (Å²) in [4.78, 5) is 34.3. The molecule has 2 heterocycles. The van der Waals surface area contributed by atoms with E-state index in [9.17, 15) is 9.59 Å². The van der Waals surface area contributed by atoms with Crippen LogP contribution in [-0.2, 0) is 6.54 Å². The molecule has 0 aliphatic heterocycles. The van der Waals surface area contributed by atoms with Crippen molar-refractivity contribution >= 4 is 27.8 Å². The first-order valence-corrected chi connectivity index (χ1v) is 7.53. The number of hydrogen-bond donors (Lipinski definition) is 3. The molecule has 0 unspecified atom stereocenters. The van der Waals surface area contributed by atoms with Crippen molar-refractivity contribution in [2.45, 2.75) is 6.54 Å². The first-order chi connectivity index (χ1) is 11.7. The van der Waals surface area contributed by atoms with Crippen molar-refractivity contribution in [2.24, 2.45) is 0 Å². The topological polar surface area (TPSA) is 90.6 Å². The molecule has 4 aromatic rings. The maximum Gasteiger partial charge on any atom is 0.253 e. The molecule has 0 saturated heterocycles. The molecule has 4 rings (SSSR count). The van der Waals surface area contributed by atoms with Gasteiger partial charge < -0.3 is 15.3 Å². The molecule has 24 heavy (non-hydrogen) atoms. The normalized spacial score (nSPS) is 11.0. The standard InChI is InChI=1S/C18H14N4O2/c23-17(12-5-6-15-16(8-12)21-10-20-15)19-9-13-7-11-3-1-2-4-14(11)22-18(13)24/h1-8,10H,9H2,(H,19,23)(H,20,21)(H,22,24). The van der Waals surface area contributed by atoms with E-state index in [0.717, 1.165) is 21.9 Å². The van der Waals surface area contributed by atoms with Gasteiger partial charge in [-0.15, -0.1) is 0 Å². The highest BCUT2D eigenvalue weighted by Crippen LogP contribution is 2.12. The van der Waals surface area contributed by atoms with Crippen molar-refractivity contribution in [2.75, 3.05) is 0 Å². The Kier molecular flexibility index (Phi) is 3.35. The fourth-order valence-electron chi connectivity index (χ4n) is 2.68. The molecule has 0 aliphatic rings. The predicted molar refractivity (Wildman–Crippen MR) is 91.8 cm³/mol. The maximum atomic E-state index is 12.3. The Morgan fingerprint density at radius 3 is 2.88 bits per heavy atom. The van der Waals surface area contributed by atoms with Gasteiger partial charge in [0.2, 0.25) is 0 Å². The number of aromatic amines is 2. The van der Waals surface area contributed by atoms with E-state index in [-0.39, 0.29) is 18.0 Å².